The number of hydrogen-bond acceptors (Lipinski definition) is 4. The van der Waals surface area contributed by atoms with Gasteiger partial charge in [-0.25, -0.2) is 0 Å². The molecule has 3 rings (SSSR count). The van der Waals surface area contributed by atoms with E-state index in [0.29, 0.717) is 0 Å². The van der Waals surface area contributed by atoms with Crippen LogP contribution in [0.5, 0.6) is 5.75 Å². The van der Waals surface area contributed by atoms with Gasteiger partial charge in [-0.2, -0.15) is 0 Å². The Kier molecular flexibility index (Phi) is 7.55. The van der Waals surface area contributed by atoms with Gasteiger partial charge in [-0.3, -0.25) is 9.89 Å². The SMILES string of the molecule is CN=C(NCC(c1ccc(OC)cc1)N1CCOCC1)N(C)Cc1cccn1C. The Bertz CT molecular complexity index is 781. The molecule has 7 nitrogen and oxygen atoms in total. The minimum Gasteiger partial charge on any atom is -0.497 e. The fourth-order valence-electron chi connectivity index (χ4n) is 3.72. The number of methoxy groups -OCH3 is 1. The van der Waals surface area contributed by atoms with Gasteiger partial charge in [0.15, 0.2) is 5.96 Å². The van der Waals surface area contributed by atoms with Crippen LogP contribution in [0, 0.1) is 0 Å². The molecule has 7 heteroatoms. The number of guanidine groups is 1. The van der Waals surface area contributed by atoms with Gasteiger partial charge in [0, 0.05) is 52.7 Å². The van der Waals surface area contributed by atoms with Crippen molar-refractivity contribution < 1.29 is 9.47 Å². The number of aliphatic imine (C=N–C) groups is 1. The van der Waals surface area contributed by atoms with Crippen LogP contribution >= 0.6 is 0 Å². The summed E-state index contributed by atoms with van der Waals surface area (Å²) in [7, 11) is 7.67. The van der Waals surface area contributed by atoms with Crippen molar-refractivity contribution in [3.05, 3.63) is 53.9 Å². The fourth-order valence-corrected chi connectivity index (χ4v) is 3.72. The molecule has 29 heavy (non-hydrogen) atoms. The standard InChI is InChI=1S/C22H33N5O2/c1-23-22(26(3)17-19-6-5-11-25(19)2)24-16-21(27-12-14-29-15-13-27)18-7-9-20(28-4)10-8-18/h5-11,21H,12-17H2,1-4H3,(H,23,24). The van der Waals surface area contributed by atoms with Crippen molar-refractivity contribution in [2.24, 2.45) is 12.0 Å². The molecule has 1 aliphatic heterocycles. The molecule has 1 aromatic carbocycles. The number of aromatic nitrogens is 1. The summed E-state index contributed by atoms with van der Waals surface area (Å²) in [5.41, 5.74) is 2.51. The summed E-state index contributed by atoms with van der Waals surface area (Å²) in [6.07, 6.45) is 2.07. The van der Waals surface area contributed by atoms with Crippen molar-refractivity contribution in [2.45, 2.75) is 12.6 Å². The molecule has 1 aromatic heterocycles. The highest BCUT2D eigenvalue weighted by atomic mass is 16.5. The minimum atomic E-state index is 0.241. The number of nitrogens with one attached hydrogen (secondary N) is 1. The van der Waals surface area contributed by atoms with E-state index in [4.69, 9.17) is 9.47 Å². The second kappa shape index (κ2) is 10.3. The first-order chi connectivity index (χ1) is 14.1. The van der Waals surface area contributed by atoms with Crippen LogP contribution in [-0.4, -0.2) is 74.4 Å². The van der Waals surface area contributed by atoms with Gasteiger partial charge < -0.3 is 24.3 Å². The van der Waals surface area contributed by atoms with Crippen molar-refractivity contribution >= 4 is 5.96 Å². The molecule has 0 radical (unpaired) electrons. The Morgan fingerprint density at radius 3 is 2.55 bits per heavy atom. The molecular formula is C22H33N5O2. The molecule has 1 aliphatic rings. The average Bonchev–Trinajstić information content (AvgIpc) is 3.16. The molecule has 0 amide bonds. The van der Waals surface area contributed by atoms with E-state index in [1.165, 1.54) is 11.3 Å². The van der Waals surface area contributed by atoms with Gasteiger partial charge in [0.25, 0.3) is 0 Å². The monoisotopic (exact) mass is 399 g/mol. The molecule has 1 unspecified atom stereocenters. The summed E-state index contributed by atoms with van der Waals surface area (Å²) in [4.78, 5) is 9.12. The van der Waals surface area contributed by atoms with Crippen LogP contribution in [0.3, 0.4) is 0 Å². The van der Waals surface area contributed by atoms with Crippen molar-refractivity contribution in [1.82, 2.24) is 19.7 Å². The van der Waals surface area contributed by atoms with Gasteiger partial charge in [0.1, 0.15) is 5.75 Å². The quantitative estimate of drug-likeness (QED) is 0.571. The number of nitrogens with zero attached hydrogens (tertiary/aromatic N) is 4. The number of morpholine rings is 1. The highest BCUT2D eigenvalue weighted by Crippen LogP contribution is 2.23. The lowest BCUT2D eigenvalue weighted by Crippen LogP contribution is -2.46. The summed E-state index contributed by atoms with van der Waals surface area (Å²) >= 11 is 0. The first-order valence-corrected chi connectivity index (χ1v) is 10.1. The van der Waals surface area contributed by atoms with E-state index >= 15 is 0 Å². The molecule has 1 fully saturated rings. The summed E-state index contributed by atoms with van der Waals surface area (Å²) in [6, 6.07) is 12.8. The molecule has 1 atom stereocenters. The van der Waals surface area contributed by atoms with Crippen molar-refractivity contribution in [2.75, 3.05) is 54.1 Å². The van der Waals surface area contributed by atoms with Gasteiger partial charge >= 0.3 is 0 Å². The third-order valence-corrected chi connectivity index (χ3v) is 5.46. The molecule has 0 spiro atoms. The smallest absolute Gasteiger partial charge is 0.193 e. The van der Waals surface area contributed by atoms with Gasteiger partial charge in [0.2, 0.25) is 0 Å². The molecule has 2 heterocycles. The second-order valence-electron chi connectivity index (χ2n) is 7.33. The number of aryl methyl sites for hydroxylation is 1. The topological polar surface area (TPSA) is 54.3 Å². The largest absolute Gasteiger partial charge is 0.497 e. The van der Waals surface area contributed by atoms with Crippen LogP contribution in [0.15, 0.2) is 47.6 Å². The zero-order chi connectivity index (χ0) is 20.6. The maximum atomic E-state index is 5.56. The molecule has 2 aromatic rings. The number of hydrogen-bond donors (Lipinski definition) is 1. The van der Waals surface area contributed by atoms with Gasteiger partial charge in [0.05, 0.1) is 32.9 Å². The zero-order valence-electron chi connectivity index (χ0n) is 18.0. The van der Waals surface area contributed by atoms with Crippen LogP contribution in [0.4, 0.5) is 0 Å². The van der Waals surface area contributed by atoms with Crippen LogP contribution in [0.1, 0.15) is 17.3 Å². The van der Waals surface area contributed by atoms with Crippen molar-refractivity contribution in [3.8, 4) is 5.75 Å². The van der Waals surface area contributed by atoms with E-state index in [9.17, 15) is 0 Å². The Balaban J connectivity index is 1.69. The highest BCUT2D eigenvalue weighted by Gasteiger charge is 2.23. The molecule has 1 saturated heterocycles. The Labute approximate surface area is 173 Å². The van der Waals surface area contributed by atoms with E-state index in [2.05, 4.69) is 69.2 Å². The van der Waals surface area contributed by atoms with Gasteiger partial charge in [-0.15, -0.1) is 0 Å². The Hall–Kier alpha value is -2.51. The van der Waals surface area contributed by atoms with E-state index in [1.807, 2.05) is 19.2 Å². The van der Waals surface area contributed by atoms with E-state index in [-0.39, 0.29) is 6.04 Å². The predicted molar refractivity (Wildman–Crippen MR) is 116 cm³/mol. The molecule has 1 N–H and O–H groups in total. The third kappa shape index (κ3) is 5.52. The van der Waals surface area contributed by atoms with Crippen molar-refractivity contribution in [3.63, 3.8) is 0 Å². The zero-order valence-corrected chi connectivity index (χ0v) is 18.0. The lowest BCUT2D eigenvalue weighted by atomic mass is 10.0. The van der Waals surface area contributed by atoms with Crippen molar-refractivity contribution in [1.29, 1.82) is 0 Å². The molecular weight excluding hydrogens is 366 g/mol. The summed E-state index contributed by atoms with van der Waals surface area (Å²) in [5.74, 6) is 1.76. The van der Waals surface area contributed by atoms with Crippen LogP contribution in [0.25, 0.3) is 0 Å². The van der Waals surface area contributed by atoms with E-state index in [1.54, 1.807) is 7.11 Å². The van der Waals surface area contributed by atoms with Crippen LogP contribution in [-0.2, 0) is 18.3 Å². The maximum Gasteiger partial charge on any atom is 0.193 e. The first kappa shape index (κ1) is 21.2. The van der Waals surface area contributed by atoms with Crippen LogP contribution < -0.4 is 10.1 Å². The van der Waals surface area contributed by atoms with E-state index < -0.39 is 0 Å². The average molecular weight is 400 g/mol. The number of ether oxygens (including phenoxy) is 2. The molecule has 0 bridgehead atoms. The first-order valence-electron chi connectivity index (χ1n) is 10.1. The minimum absolute atomic E-state index is 0.241. The lowest BCUT2D eigenvalue weighted by molar-refractivity contribution is 0.0169. The summed E-state index contributed by atoms with van der Waals surface area (Å²) < 4.78 is 13.0. The second-order valence-corrected chi connectivity index (χ2v) is 7.33. The molecule has 0 aliphatic carbocycles. The Morgan fingerprint density at radius 2 is 1.97 bits per heavy atom. The maximum absolute atomic E-state index is 5.56. The molecule has 158 valence electrons. The fraction of sp³-hybridized carbons (Fsp3) is 0.500. The molecule has 0 saturated carbocycles. The van der Waals surface area contributed by atoms with E-state index in [0.717, 1.165) is 51.1 Å². The predicted octanol–water partition coefficient (Wildman–Crippen LogP) is 2.11. The summed E-state index contributed by atoms with van der Waals surface area (Å²) in [6.45, 7) is 4.97. The number of rotatable bonds is 7. The summed E-state index contributed by atoms with van der Waals surface area (Å²) in [5, 5.41) is 3.58. The highest BCUT2D eigenvalue weighted by molar-refractivity contribution is 5.79. The number of benzene rings is 1. The lowest BCUT2D eigenvalue weighted by Gasteiger charge is -2.35. The van der Waals surface area contributed by atoms with Gasteiger partial charge in [-0.05, 0) is 29.8 Å². The van der Waals surface area contributed by atoms with Crippen LogP contribution in [0.2, 0.25) is 0 Å². The van der Waals surface area contributed by atoms with Gasteiger partial charge in [-0.1, -0.05) is 12.1 Å². The third-order valence-electron chi connectivity index (χ3n) is 5.46. The Morgan fingerprint density at radius 1 is 1.24 bits per heavy atom. The normalized spacial score (nSPS) is 16.5.